The first-order chi connectivity index (χ1) is 15.2. The summed E-state index contributed by atoms with van der Waals surface area (Å²) in [6, 6.07) is 4.34. The molecule has 1 aromatic carbocycles. The number of nitrogens with zero attached hydrogens (tertiary/aromatic N) is 5. The zero-order valence-electron chi connectivity index (χ0n) is 20.0. The summed E-state index contributed by atoms with van der Waals surface area (Å²) in [5, 5.41) is 4.94. The van der Waals surface area contributed by atoms with Gasteiger partial charge < -0.3 is 9.64 Å². The van der Waals surface area contributed by atoms with Crippen LogP contribution in [-0.4, -0.2) is 66.7 Å². The molecule has 0 N–H and O–H groups in total. The summed E-state index contributed by atoms with van der Waals surface area (Å²) in [5.41, 5.74) is 2.49. The minimum absolute atomic E-state index is 0.00251. The molecule has 0 fully saturated rings. The number of fused-ring (bicyclic) bond motifs is 1. The number of amides is 1. The normalized spacial score (nSPS) is 16.7. The van der Waals surface area contributed by atoms with Crippen LogP contribution in [0.25, 0.3) is 11.3 Å². The van der Waals surface area contributed by atoms with Crippen LogP contribution in [0.15, 0.2) is 27.5 Å². The van der Waals surface area contributed by atoms with E-state index < -0.39 is 15.6 Å². The summed E-state index contributed by atoms with van der Waals surface area (Å²) in [6.45, 7) is 7.86. The lowest BCUT2D eigenvalue weighted by atomic mass is 9.96. The molecule has 9 nitrogen and oxygen atoms in total. The van der Waals surface area contributed by atoms with Crippen LogP contribution in [0, 0.1) is 0 Å². The third-order valence-corrected chi connectivity index (χ3v) is 6.55. The number of halogens is 1. The number of hydrogen-bond donors (Lipinski definition) is 0. The quantitative estimate of drug-likeness (QED) is 0.471. The lowest BCUT2D eigenvalue weighted by Gasteiger charge is -2.34. The molecular weight excluding hydrogens is 466 g/mol. The first-order valence-electron chi connectivity index (χ1n) is 10.5. The maximum absolute atomic E-state index is 12.7. The maximum atomic E-state index is 12.7. The largest absolute Gasteiger partial charge is 0.444 e. The summed E-state index contributed by atoms with van der Waals surface area (Å²) in [7, 11) is 1.23. The predicted molar refractivity (Wildman–Crippen MR) is 128 cm³/mol. The van der Waals surface area contributed by atoms with E-state index in [1.54, 1.807) is 42.9 Å². The van der Waals surface area contributed by atoms with Gasteiger partial charge in [-0.1, -0.05) is 11.6 Å². The van der Waals surface area contributed by atoms with E-state index in [1.807, 2.05) is 27.7 Å². The highest BCUT2D eigenvalue weighted by molar-refractivity contribution is 7.90. The van der Waals surface area contributed by atoms with E-state index in [4.69, 9.17) is 16.3 Å². The number of aromatic nitrogens is 2. The van der Waals surface area contributed by atoms with Crippen LogP contribution in [0.1, 0.15) is 45.0 Å². The van der Waals surface area contributed by atoms with Gasteiger partial charge in [-0.2, -0.15) is 13.5 Å². The summed E-state index contributed by atoms with van der Waals surface area (Å²) in [6.07, 6.45) is 1.40. The fourth-order valence-electron chi connectivity index (χ4n) is 3.74. The molecule has 0 radical (unpaired) electrons. The zero-order valence-corrected chi connectivity index (χ0v) is 21.5. The number of carbonyl (C=O) groups is 1. The molecule has 180 valence electrons. The molecule has 2 aromatic rings. The van der Waals surface area contributed by atoms with Crippen molar-refractivity contribution in [2.75, 3.05) is 20.6 Å². The van der Waals surface area contributed by atoms with Crippen LogP contribution in [-0.2, 0) is 28.2 Å². The van der Waals surface area contributed by atoms with Gasteiger partial charge in [-0.15, -0.1) is 4.40 Å². The zero-order chi connectivity index (χ0) is 24.7. The first kappa shape index (κ1) is 25.0. The second-order valence-corrected chi connectivity index (χ2v) is 11.3. The van der Waals surface area contributed by atoms with Crippen molar-refractivity contribution in [3.8, 4) is 11.3 Å². The minimum atomic E-state index is -3.93. The SMILES string of the molecule is CC1c2nn(C)c(-c3cc(Cl)cc(S(=O)(=O)/N=C/N(C)C)c3)c2CCN1C(=O)OC(C)(C)C. The first-order valence-corrected chi connectivity index (χ1v) is 12.3. The van der Waals surface area contributed by atoms with Gasteiger partial charge in [-0.25, -0.2) is 4.79 Å². The number of ether oxygens (including phenoxy) is 1. The number of sulfonamides is 1. The van der Waals surface area contributed by atoms with E-state index >= 15 is 0 Å². The Morgan fingerprint density at radius 3 is 2.58 bits per heavy atom. The van der Waals surface area contributed by atoms with E-state index in [0.717, 1.165) is 17.0 Å². The molecule has 1 unspecified atom stereocenters. The van der Waals surface area contributed by atoms with Gasteiger partial charge in [0.2, 0.25) is 0 Å². The molecule has 1 aliphatic rings. The Labute approximate surface area is 200 Å². The Kier molecular flexibility index (Phi) is 6.82. The Morgan fingerprint density at radius 1 is 1.30 bits per heavy atom. The van der Waals surface area contributed by atoms with Crippen molar-refractivity contribution in [1.29, 1.82) is 0 Å². The van der Waals surface area contributed by atoms with Gasteiger partial charge in [-0.05, 0) is 52.3 Å². The molecule has 0 saturated carbocycles. The van der Waals surface area contributed by atoms with E-state index in [9.17, 15) is 13.2 Å². The number of aryl methyl sites for hydroxylation is 1. The highest BCUT2D eigenvalue weighted by atomic mass is 35.5. The predicted octanol–water partition coefficient (Wildman–Crippen LogP) is 3.87. The van der Waals surface area contributed by atoms with Gasteiger partial charge >= 0.3 is 6.09 Å². The Hall–Kier alpha value is -2.59. The van der Waals surface area contributed by atoms with Crippen molar-refractivity contribution in [2.24, 2.45) is 11.4 Å². The van der Waals surface area contributed by atoms with Gasteiger partial charge in [0, 0.05) is 43.8 Å². The van der Waals surface area contributed by atoms with Crippen molar-refractivity contribution in [1.82, 2.24) is 19.6 Å². The second-order valence-electron chi connectivity index (χ2n) is 9.27. The Morgan fingerprint density at radius 2 is 1.97 bits per heavy atom. The molecule has 0 spiro atoms. The average Bonchev–Trinajstić information content (AvgIpc) is 3.01. The molecular formula is C22H30ClN5O4S. The smallest absolute Gasteiger partial charge is 0.410 e. The van der Waals surface area contributed by atoms with Gasteiger partial charge in [0.15, 0.2) is 0 Å². The van der Waals surface area contributed by atoms with Crippen LogP contribution < -0.4 is 0 Å². The molecule has 1 aliphatic heterocycles. The van der Waals surface area contributed by atoms with Crippen molar-refractivity contribution in [2.45, 2.75) is 50.7 Å². The molecule has 0 aliphatic carbocycles. The van der Waals surface area contributed by atoms with Crippen LogP contribution in [0.5, 0.6) is 0 Å². The lowest BCUT2D eigenvalue weighted by molar-refractivity contribution is 0.0155. The molecule has 1 atom stereocenters. The highest BCUT2D eigenvalue weighted by Crippen LogP contribution is 2.37. The standard InChI is InChI=1S/C22H30ClN5O4S/c1-14-19-18(8-9-28(14)21(29)32-22(2,3)4)20(27(7)25-19)15-10-16(23)12-17(11-15)33(30,31)24-13-26(5)6/h10-14H,8-9H2,1-7H3/b24-13+. The van der Waals surface area contributed by atoms with Crippen LogP contribution in [0.3, 0.4) is 0 Å². The average molecular weight is 496 g/mol. The van der Waals surface area contributed by atoms with E-state index in [1.165, 1.54) is 17.3 Å². The molecule has 11 heteroatoms. The molecule has 1 amide bonds. The number of hydrogen-bond acceptors (Lipinski definition) is 5. The molecule has 3 rings (SSSR count). The third kappa shape index (κ3) is 5.50. The number of benzene rings is 1. The number of carbonyl (C=O) groups excluding carboxylic acids is 1. The van der Waals surface area contributed by atoms with Crippen molar-refractivity contribution >= 4 is 34.1 Å². The second kappa shape index (κ2) is 8.98. The summed E-state index contributed by atoms with van der Waals surface area (Å²) < 4.78 is 36.4. The fraction of sp³-hybridized carbons (Fsp3) is 0.500. The highest BCUT2D eigenvalue weighted by Gasteiger charge is 2.35. The molecule has 2 heterocycles. The van der Waals surface area contributed by atoms with Gasteiger partial charge in [0.1, 0.15) is 11.9 Å². The van der Waals surface area contributed by atoms with Crippen molar-refractivity contribution in [3.05, 3.63) is 34.5 Å². The van der Waals surface area contributed by atoms with E-state index in [0.29, 0.717) is 18.5 Å². The van der Waals surface area contributed by atoms with Crippen molar-refractivity contribution in [3.63, 3.8) is 0 Å². The molecule has 0 bridgehead atoms. The van der Waals surface area contributed by atoms with Gasteiger partial charge in [-0.3, -0.25) is 9.58 Å². The van der Waals surface area contributed by atoms with E-state index in [2.05, 4.69) is 9.50 Å². The topological polar surface area (TPSA) is 97.1 Å². The van der Waals surface area contributed by atoms with Gasteiger partial charge in [0.25, 0.3) is 10.0 Å². The van der Waals surface area contributed by atoms with Crippen molar-refractivity contribution < 1.29 is 17.9 Å². The lowest BCUT2D eigenvalue weighted by Crippen LogP contribution is -2.42. The summed E-state index contributed by atoms with van der Waals surface area (Å²) >= 11 is 6.30. The van der Waals surface area contributed by atoms with Gasteiger partial charge in [0.05, 0.1) is 22.3 Å². The summed E-state index contributed by atoms with van der Waals surface area (Å²) in [4.78, 5) is 15.9. The molecule has 1 aromatic heterocycles. The minimum Gasteiger partial charge on any atom is -0.444 e. The Balaban J connectivity index is 2.02. The van der Waals surface area contributed by atoms with Crippen LogP contribution in [0.2, 0.25) is 5.02 Å². The molecule has 0 saturated heterocycles. The third-order valence-electron chi connectivity index (χ3n) is 5.13. The maximum Gasteiger partial charge on any atom is 0.410 e. The summed E-state index contributed by atoms with van der Waals surface area (Å²) in [5.74, 6) is 0. The monoisotopic (exact) mass is 495 g/mol. The number of rotatable bonds is 4. The van der Waals surface area contributed by atoms with Crippen LogP contribution in [0.4, 0.5) is 4.79 Å². The van der Waals surface area contributed by atoms with Crippen LogP contribution >= 0.6 is 11.6 Å². The van der Waals surface area contributed by atoms with E-state index in [-0.39, 0.29) is 22.1 Å². The molecule has 33 heavy (non-hydrogen) atoms. The Bertz CT molecular complexity index is 1200. The fourth-order valence-corrected chi connectivity index (χ4v) is 5.03.